The standard InChI is InChI=1S/C37H57ClN6O9Si2/c1-21-30(29-22(2)42-51-23(29)3)40-32(41-31(21)39-17-25-20-48-15-14-44(25)34(45)46)27-16-26(12-13-28(27)38)49-19-24(18-43(9)35(47)50-36(4,5)6)37(7,8)33(52-54-10)53-55-11/h12-13,16,24-25,33H,14-15,17-20,54-55H2,1-11H3,(H,45,46)(H,39,40,41)/t24-,25?/m1/s1. The molecule has 2 atom stereocenters. The molecule has 1 aliphatic rings. The number of nitrogens with zero attached hydrogens (tertiary/aromatic N) is 5. The number of amides is 2. The van der Waals surface area contributed by atoms with Crippen LogP contribution in [0.1, 0.15) is 51.6 Å². The van der Waals surface area contributed by atoms with Gasteiger partial charge in [-0.25, -0.2) is 19.6 Å². The van der Waals surface area contributed by atoms with E-state index in [0.717, 1.165) is 11.1 Å². The number of carbonyl (C=O) groups excluding carboxylic acids is 1. The summed E-state index contributed by atoms with van der Waals surface area (Å²) >= 11 is 6.86. The van der Waals surface area contributed by atoms with Gasteiger partial charge in [0.15, 0.2) is 25.4 Å². The number of nitrogens with one attached hydrogen (secondary N) is 1. The highest BCUT2D eigenvalue weighted by Crippen LogP contribution is 2.38. The molecule has 1 aliphatic heterocycles. The minimum atomic E-state index is -1.01. The summed E-state index contributed by atoms with van der Waals surface area (Å²) in [5.74, 6) is 1.68. The molecule has 2 aromatic heterocycles. The van der Waals surface area contributed by atoms with Crippen LogP contribution in [-0.2, 0) is 18.3 Å². The molecule has 1 aromatic carbocycles. The molecule has 4 rings (SSSR count). The van der Waals surface area contributed by atoms with Gasteiger partial charge in [-0.1, -0.05) is 43.7 Å². The van der Waals surface area contributed by atoms with Crippen LogP contribution in [-0.4, -0.2) is 126 Å². The van der Waals surface area contributed by atoms with Crippen LogP contribution < -0.4 is 10.1 Å². The summed E-state index contributed by atoms with van der Waals surface area (Å²) in [7, 11) is 0.0969. The van der Waals surface area contributed by atoms with E-state index in [1.54, 1.807) is 30.1 Å². The molecule has 3 aromatic rings. The zero-order valence-electron chi connectivity index (χ0n) is 33.9. The van der Waals surface area contributed by atoms with E-state index >= 15 is 0 Å². The minimum Gasteiger partial charge on any atom is -0.493 e. The number of benzene rings is 1. The Morgan fingerprint density at radius 1 is 1.13 bits per heavy atom. The van der Waals surface area contributed by atoms with Crippen molar-refractivity contribution in [2.45, 2.75) is 86.4 Å². The smallest absolute Gasteiger partial charge is 0.410 e. The molecule has 55 heavy (non-hydrogen) atoms. The lowest BCUT2D eigenvalue weighted by Crippen LogP contribution is -2.51. The van der Waals surface area contributed by atoms with Gasteiger partial charge < -0.3 is 42.9 Å². The molecule has 2 amide bonds. The lowest BCUT2D eigenvalue weighted by atomic mass is 9.78. The lowest BCUT2D eigenvalue weighted by Gasteiger charge is -2.42. The molecular formula is C37H57ClN6O9Si2. The van der Waals surface area contributed by atoms with Gasteiger partial charge in [0.1, 0.15) is 29.2 Å². The summed E-state index contributed by atoms with van der Waals surface area (Å²) < 4.78 is 35.7. The maximum absolute atomic E-state index is 13.1. The fraction of sp³-hybridized carbons (Fsp3) is 0.595. The first kappa shape index (κ1) is 44.0. The largest absolute Gasteiger partial charge is 0.493 e. The maximum atomic E-state index is 13.1. The van der Waals surface area contributed by atoms with Gasteiger partial charge in [0.25, 0.3) is 0 Å². The Kier molecular flexibility index (Phi) is 15.1. The van der Waals surface area contributed by atoms with E-state index in [2.05, 4.69) is 37.4 Å². The van der Waals surface area contributed by atoms with Gasteiger partial charge in [0.2, 0.25) is 0 Å². The molecule has 0 bridgehead atoms. The fourth-order valence-corrected chi connectivity index (χ4v) is 8.40. The number of ether oxygens (including phenoxy) is 3. The van der Waals surface area contributed by atoms with Crippen LogP contribution in [0.5, 0.6) is 5.75 Å². The molecule has 0 spiro atoms. The fourth-order valence-electron chi connectivity index (χ4n) is 6.35. The van der Waals surface area contributed by atoms with Gasteiger partial charge in [-0.05, 0) is 59.7 Å². The average molecular weight is 822 g/mol. The average Bonchev–Trinajstić information content (AvgIpc) is 3.45. The van der Waals surface area contributed by atoms with Crippen LogP contribution in [0.4, 0.5) is 15.4 Å². The molecule has 1 unspecified atom stereocenters. The molecule has 0 aliphatic carbocycles. The second-order valence-corrected chi connectivity index (χ2v) is 17.5. The van der Waals surface area contributed by atoms with Crippen molar-refractivity contribution in [2.75, 3.05) is 51.8 Å². The molecule has 304 valence electrons. The number of morpholine rings is 1. The second-order valence-electron chi connectivity index (χ2n) is 15.2. The van der Waals surface area contributed by atoms with Crippen molar-refractivity contribution in [1.82, 2.24) is 24.9 Å². The first-order valence-corrected chi connectivity index (χ1v) is 23.0. The maximum Gasteiger partial charge on any atom is 0.410 e. The normalized spacial score (nSPS) is 16.5. The van der Waals surface area contributed by atoms with Crippen molar-refractivity contribution in [3.63, 3.8) is 0 Å². The number of rotatable bonds is 16. The third kappa shape index (κ3) is 11.2. The molecule has 0 radical (unpaired) electrons. The Bertz CT molecular complexity index is 1760. The van der Waals surface area contributed by atoms with Crippen molar-refractivity contribution in [1.29, 1.82) is 0 Å². The molecule has 18 heteroatoms. The number of anilines is 1. The Morgan fingerprint density at radius 2 is 1.82 bits per heavy atom. The zero-order chi connectivity index (χ0) is 40.7. The Morgan fingerprint density at radius 3 is 2.42 bits per heavy atom. The summed E-state index contributed by atoms with van der Waals surface area (Å²) in [5.41, 5.74) is 2.03. The minimum absolute atomic E-state index is 0.219. The number of aryl methyl sites for hydroxylation is 2. The number of hydrogen-bond donors (Lipinski definition) is 2. The van der Waals surface area contributed by atoms with Gasteiger partial charge in [-0.2, -0.15) is 0 Å². The van der Waals surface area contributed by atoms with Crippen molar-refractivity contribution >= 4 is 49.1 Å². The topological polar surface area (TPSA) is 171 Å². The molecule has 0 saturated carbocycles. The van der Waals surface area contributed by atoms with Crippen molar-refractivity contribution in [2.24, 2.45) is 11.3 Å². The van der Waals surface area contributed by atoms with E-state index in [1.165, 1.54) is 4.90 Å². The van der Waals surface area contributed by atoms with Gasteiger partial charge in [-0.15, -0.1) is 0 Å². The monoisotopic (exact) mass is 820 g/mol. The highest BCUT2D eigenvalue weighted by Gasteiger charge is 2.40. The summed E-state index contributed by atoms with van der Waals surface area (Å²) in [6.07, 6.45) is -1.89. The van der Waals surface area contributed by atoms with E-state index in [4.69, 9.17) is 49.2 Å². The lowest BCUT2D eigenvalue weighted by molar-refractivity contribution is -0.115. The van der Waals surface area contributed by atoms with Crippen LogP contribution in [0.25, 0.3) is 22.6 Å². The Balaban J connectivity index is 1.71. The number of halogens is 1. The van der Waals surface area contributed by atoms with E-state index < -0.39 is 55.1 Å². The summed E-state index contributed by atoms with van der Waals surface area (Å²) in [4.78, 5) is 37.9. The zero-order valence-corrected chi connectivity index (χ0v) is 37.5. The van der Waals surface area contributed by atoms with Crippen molar-refractivity contribution in [3.8, 4) is 28.4 Å². The first-order valence-electron chi connectivity index (χ1n) is 18.6. The van der Waals surface area contributed by atoms with Gasteiger partial charge in [0.05, 0.1) is 47.8 Å². The number of aromatic nitrogens is 3. The van der Waals surface area contributed by atoms with E-state index in [1.807, 2.05) is 41.5 Å². The van der Waals surface area contributed by atoms with Gasteiger partial charge in [0, 0.05) is 49.1 Å². The van der Waals surface area contributed by atoms with E-state index in [-0.39, 0.29) is 32.2 Å². The first-order chi connectivity index (χ1) is 25.9. The quantitative estimate of drug-likeness (QED) is 0.134. The number of carbonyl (C=O) groups is 2. The van der Waals surface area contributed by atoms with Crippen LogP contribution in [0.2, 0.25) is 18.1 Å². The van der Waals surface area contributed by atoms with E-state index in [9.17, 15) is 14.7 Å². The van der Waals surface area contributed by atoms with Crippen LogP contribution in [0, 0.1) is 32.1 Å². The SMILES string of the molecule is C[SiH2]OC(O[SiH2]C)C(C)(C)[C@@H](COc1ccc(Cl)c(-c2nc(NCC3COCCN3C(=O)O)c(C)c(-c3c(C)noc3C)n2)c1)CN(C)C(=O)OC(C)(C)C. The summed E-state index contributed by atoms with van der Waals surface area (Å²) in [6, 6.07) is 4.88. The van der Waals surface area contributed by atoms with Crippen LogP contribution in [0.15, 0.2) is 22.7 Å². The summed E-state index contributed by atoms with van der Waals surface area (Å²) in [5, 5.41) is 17.7. The van der Waals surface area contributed by atoms with Gasteiger partial charge in [-0.3, -0.25) is 4.90 Å². The van der Waals surface area contributed by atoms with E-state index in [0.29, 0.717) is 58.3 Å². The third-order valence-electron chi connectivity index (χ3n) is 9.52. The highest BCUT2D eigenvalue weighted by molar-refractivity contribution is 6.33. The second kappa shape index (κ2) is 18.9. The predicted octanol–water partition coefficient (Wildman–Crippen LogP) is 5.68. The number of hydrogen-bond acceptors (Lipinski definition) is 12. The molecule has 2 N–H and O–H groups in total. The predicted molar refractivity (Wildman–Crippen MR) is 216 cm³/mol. The number of carboxylic acid groups (broad SMARTS) is 1. The Labute approximate surface area is 333 Å². The van der Waals surface area contributed by atoms with Crippen LogP contribution in [0.3, 0.4) is 0 Å². The molecule has 15 nitrogen and oxygen atoms in total. The summed E-state index contributed by atoms with van der Waals surface area (Å²) in [6.45, 7) is 21.0. The van der Waals surface area contributed by atoms with Crippen molar-refractivity contribution < 1.29 is 42.3 Å². The van der Waals surface area contributed by atoms with Crippen molar-refractivity contribution in [3.05, 3.63) is 40.2 Å². The highest BCUT2D eigenvalue weighted by atomic mass is 35.5. The Hall–Kier alpha value is -3.75. The van der Waals surface area contributed by atoms with Gasteiger partial charge >= 0.3 is 12.2 Å². The van der Waals surface area contributed by atoms with Crippen LogP contribution >= 0.6 is 11.6 Å². The molecule has 1 saturated heterocycles. The molecular weight excluding hydrogens is 764 g/mol. The third-order valence-corrected chi connectivity index (χ3v) is 11.1. The molecule has 1 fully saturated rings. The molecule has 3 heterocycles.